The molecule has 3 aromatic rings. The summed E-state index contributed by atoms with van der Waals surface area (Å²) in [5.41, 5.74) is 1.98. The monoisotopic (exact) mass is 324 g/mol. The lowest BCUT2D eigenvalue weighted by atomic mass is 10.2. The Kier molecular flexibility index (Phi) is 4.42. The third-order valence-electron chi connectivity index (χ3n) is 4.05. The molecule has 0 radical (unpaired) electrons. The van der Waals surface area contributed by atoms with Gasteiger partial charge in [0.1, 0.15) is 18.2 Å². The predicted molar refractivity (Wildman–Crippen MR) is 94.5 cm³/mol. The van der Waals surface area contributed by atoms with Crippen molar-refractivity contribution < 1.29 is 14.3 Å². The lowest BCUT2D eigenvalue weighted by Crippen LogP contribution is -2.28. The maximum absolute atomic E-state index is 12.3. The van der Waals surface area contributed by atoms with Crippen molar-refractivity contribution in [3.63, 3.8) is 0 Å². The van der Waals surface area contributed by atoms with E-state index in [0.29, 0.717) is 0 Å². The summed E-state index contributed by atoms with van der Waals surface area (Å²) in [6, 6.07) is 17.4. The van der Waals surface area contributed by atoms with Crippen molar-refractivity contribution in [1.29, 1.82) is 0 Å². The summed E-state index contributed by atoms with van der Waals surface area (Å²) in [6.45, 7) is 0.252. The molecule has 0 saturated heterocycles. The first kappa shape index (κ1) is 15.9. The Morgan fingerprint density at radius 2 is 1.88 bits per heavy atom. The number of hydrogen-bond acceptors (Lipinski definition) is 3. The largest absolute Gasteiger partial charge is 0.497 e. The highest BCUT2D eigenvalue weighted by atomic mass is 16.6. The molecule has 1 aromatic heterocycles. The molecule has 0 N–H and O–H groups in total. The van der Waals surface area contributed by atoms with Gasteiger partial charge in [-0.3, -0.25) is 4.90 Å². The molecule has 1 heterocycles. The van der Waals surface area contributed by atoms with Crippen LogP contribution in [0.25, 0.3) is 10.9 Å². The second-order valence-corrected chi connectivity index (χ2v) is 5.59. The Bertz CT molecular complexity index is 856. The van der Waals surface area contributed by atoms with E-state index in [9.17, 15) is 4.79 Å². The van der Waals surface area contributed by atoms with Crippen LogP contribution in [0.3, 0.4) is 0 Å². The first-order valence-electron chi connectivity index (χ1n) is 7.68. The molecule has 0 bridgehead atoms. The van der Waals surface area contributed by atoms with E-state index in [1.165, 1.54) is 4.90 Å². The van der Waals surface area contributed by atoms with Crippen molar-refractivity contribution in [3.8, 4) is 5.75 Å². The summed E-state index contributed by atoms with van der Waals surface area (Å²) in [7, 11) is 5.27. The van der Waals surface area contributed by atoms with Crippen molar-refractivity contribution in [3.05, 3.63) is 60.2 Å². The van der Waals surface area contributed by atoms with Crippen LogP contribution in [0.4, 0.5) is 10.6 Å². The number of fused-ring (bicyclic) bond motifs is 1. The maximum atomic E-state index is 12.3. The van der Waals surface area contributed by atoms with Gasteiger partial charge >= 0.3 is 6.09 Å². The molecule has 2 aromatic carbocycles. The number of nitrogens with zero attached hydrogens (tertiary/aromatic N) is 2. The molecule has 1 amide bonds. The van der Waals surface area contributed by atoms with Crippen LogP contribution in [0, 0.1) is 0 Å². The van der Waals surface area contributed by atoms with E-state index in [2.05, 4.69) is 0 Å². The highest BCUT2D eigenvalue weighted by Gasteiger charge is 2.17. The quantitative estimate of drug-likeness (QED) is 0.729. The van der Waals surface area contributed by atoms with Gasteiger partial charge in [0.15, 0.2) is 0 Å². The molecule has 0 aliphatic rings. The fourth-order valence-electron chi connectivity index (χ4n) is 2.67. The van der Waals surface area contributed by atoms with Crippen LogP contribution in [0.15, 0.2) is 54.6 Å². The highest BCUT2D eigenvalue weighted by molar-refractivity contribution is 5.93. The van der Waals surface area contributed by atoms with Gasteiger partial charge < -0.3 is 14.0 Å². The molecule has 3 rings (SSSR count). The number of benzene rings is 2. The highest BCUT2D eigenvalue weighted by Crippen LogP contribution is 2.28. The number of carbonyl (C=O) groups is 1. The van der Waals surface area contributed by atoms with Crippen LogP contribution in [-0.4, -0.2) is 24.8 Å². The lowest BCUT2D eigenvalue weighted by Gasteiger charge is -2.17. The molecule has 0 saturated carbocycles. The summed E-state index contributed by atoms with van der Waals surface area (Å²) in [5, 5.41) is 1.01. The fourth-order valence-corrected chi connectivity index (χ4v) is 2.67. The first-order valence-corrected chi connectivity index (χ1v) is 7.68. The second-order valence-electron chi connectivity index (χ2n) is 5.59. The average Bonchev–Trinajstić information content (AvgIpc) is 2.95. The Morgan fingerprint density at radius 1 is 1.12 bits per heavy atom. The van der Waals surface area contributed by atoms with Gasteiger partial charge in [-0.2, -0.15) is 0 Å². The molecule has 24 heavy (non-hydrogen) atoms. The third kappa shape index (κ3) is 3.06. The van der Waals surface area contributed by atoms with E-state index in [0.717, 1.165) is 28.0 Å². The van der Waals surface area contributed by atoms with Gasteiger partial charge in [0.05, 0.1) is 7.11 Å². The molecule has 0 unspecified atom stereocenters. The lowest BCUT2D eigenvalue weighted by molar-refractivity contribution is 0.148. The fraction of sp³-hybridized carbons (Fsp3) is 0.211. The molecule has 5 nitrogen and oxygen atoms in total. The summed E-state index contributed by atoms with van der Waals surface area (Å²) in [6.07, 6.45) is -0.392. The van der Waals surface area contributed by atoms with E-state index in [-0.39, 0.29) is 6.61 Å². The smallest absolute Gasteiger partial charge is 0.415 e. The van der Waals surface area contributed by atoms with Gasteiger partial charge in [-0.15, -0.1) is 0 Å². The van der Waals surface area contributed by atoms with Gasteiger partial charge in [0.2, 0.25) is 0 Å². The second kappa shape index (κ2) is 6.66. The van der Waals surface area contributed by atoms with Crippen molar-refractivity contribution >= 4 is 22.8 Å². The van der Waals surface area contributed by atoms with Gasteiger partial charge in [-0.05, 0) is 29.8 Å². The zero-order valence-corrected chi connectivity index (χ0v) is 14.0. The molecule has 0 spiro atoms. The standard InChI is InChI=1S/C19H20N2O3/c1-20-17-10-9-16(23-3)11-15(17)12-18(20)21(2)19(22)24-13-14-7-5-4-6-8-14/h4-12H,13H2,1-3H3. The first-order chi connectivity index (χ1) is 11.6. The Balaban J connectivity index is 1.78. The molecular formula is C19H20N2O3. The molecule has 0 atom stereocenters. The van der Waals surface area contributed by atoms with Crippen LogP contribution >= 0.6 is 0 Å². The number of aromatic nitrogens is 1. The number of rotatable bonds is 4. The van der Waals surface area contributed by atoms with Crippen LogP contribution < -0.4 is 9.64 Å². The Labute approximate surface area is 141 Å². The van der Waals surface area contributed by atoms with Gasteiger partial charge in [0, 0.05) is 25.0 Å². The number of carbonyl (C=O) groups excluding carboxylic acids is 1. The number of methoxy groups -OCH3 is 1. The molecule has 5 heteroatoms. The van der Waals surface area contributed by atoms with Gasteiger partial charge in [0.25, 0.3) is 0 Å². The summed E-state index contributed by atoms with van der Waals surface area (Å²) >= 11 is 0. The predicted octanol–water partition coefficient (Wildman–Crippen LogP) is 3.96. The zero-order valence-electron chi connectivity index (χ0n) is 14.0. The molecule has 124 valence electrons. The maximum Gasteiger partial charge on any atom is 0.415 e. The summed E-state index contributed by atoms with van der Waals surface area (Å²) in [4.78, 5) is 13.8. The van der Waals surface area contributed by atoms with E-state index in [1.807, 2.05) is 66.2 Å². The van der Waals surface area contributed by atoms with Gasteiger partial charge in [-0.25, -0.2) is 4.79 Å². The third-order valence-corrected chi connectivity index (χ3v) is 4.05. The summed E-state index contributed by atoms with van der Waals surface area (Å²) < 4.78 is 12.6. The number of aryl methyl sites for hydroxylation is 1. The van der Waals surface area contributed by atoms with E-state index in [1.54, 1.807) is 14.2 Å². The van der Waals surface area contributed by atoms with Gasteiger partial charge in [-0.1, -0.05) is 30.3 Å². The SMILES string of the molecule is COc1ccc2c(c1)cc(N(C)C(=O)OCc1ccccc1)n2C. The van der Waals surface area contributed by atoms with Crippen LogP contribution in [0.2, 0.25) is 0 Å². The van der Waals surface area contributed by atoms with Crippen LogP contribution in [0.5, 0.6) is 5.75 Å². The average molecular weight is 324 g/mol. The zero-order chi connectivity index (χ0) is 17.1. The van der Waals surface area contributed by atoms with E-state index < -0.39 is 6.09 Å². The Hall–Kier alpha value is -2.95. The van der Waals surface area contributed by atoms with Crippen molar-refractivity contribution in [2.75, 3.05) is 19.1 Å². The number of ether oxygens (including phenoxy) is 2. The number of amides is 1. The van der Waals surface area contributed by atoms with Crippen molar-refractivity contribution in [2.24, 2.45) is 7.05 Å². The summed E-state index contributed by atoms with van der Waals surface area (Å²) in [5.74, 6) is 1.55. The Morgan fingerprint density at radius 3 is 2.58 bits per heavy atom. The molecular weight excluding hydrogens is 304 g/mol. The van der Waals surface area contributed by atoms with Crippen LogP contribution in [-0.2, 0) is 18.4 Å². The van der Waals surface area contributed by atoms with Crippen molar-refractivity contribution in [2.45, 2.75) is 6.61 Å². The number of hydrogen-bond donors (Lipinski definition) is 0. The molecule has 0 fully saturated rings. The molecule has 0 aliphatic heterocycles. The van der Waals surface area contributed by atoms with Crippen LogP contribution in [0.1, 0.15) is 5.56 Å². The minimum Gasteiger partial charge on any atom is -0.497 e. The van der Waals surface area contributed by atoms with E-state index >= 15 is 0 Å². The minimum atomic E-state index is -0.392. The minimum absolute atomic E-state index is 0.252. The topological polar surface area (TPSA) is 43.7 Å². The van der Waals surface area contributed by atoms with E-state index in [4.69, 9.17) is 9.47 Å². The van der Waals surface area contributed by atoms with Crippen molar-refractivity contribution in [1.82, 2.24) is 4.57 Å². The normalized spacial score (nSPS) is 10.6. The molecule has 0 aliphatic carbocycles. The number of anilines is 1.